The number of hydrogen-bond acceptors (Lipinski definition) is 6. The fourth-order valence-corrected chi connectivity index (χ4v) is 4.82. The molecule has 0 saturated carbocycles. The van der Waals surface area contributed by atoms with E-state index >= 15 is 0 Å². The fraction of sp³-hybridized carbons (Fsp3) is 0.290. The maximum atomic E-state index is 11.2. The lowest BCUT2D eigenvalue weighted by Crippen LogP contribution is -2.46. The highest BCUT2D eigenvalue weighted by Crippen LogP contribution is 2.34. The van der Waals surface area contributed by atoms with Gasteiger partial charge < -0.3 is 30.6 Å². The van der Waals surface area contributed by atoms with Crippen LogP contribution in [0.3, 0.4) is 0 Å². The van der Waals surface area contributed by atoms with Crippen molar-refractivity contribution in [2.24, 2.45) is 5.73 Å². The highest BCUT2D eigenvalue weighted by molar-refractivity contribution is 5.96. The molecule has 5 rings (SSSR count). The fourth-order valence-electron chi connectivity index (χ4n) is 4.82. The van der Waals surface area contributed by atoms with Crippen molar-refractivity contribution in [3.63, 3.8) is 0 Å². The van der Waals surface area contributed by atoms with Crippen LogP contribution in [-0.2, 0) is 12.8 Å². The summed E-state index contributed by atoms with van der Waals surface area (Å²) in [7, 11) is 0. The summed E-state index contributed by atoms with van der Waals surface area (Å²) in [6.07, 6.45) is 7.88. The zero-order valence-electron chi connectivity index (χ0n) is 22.2. The van der Waals surface area contributed by atoms with Crippen LogP contribution in [0.2, 0.25) is 0 Å². The topological polar surface area (TPSA) is 122 Å². The number of hydrogen-bond donors (Lipinski definition) is 4. The van der Waals surface area contributed by atoms with Crippen molar-refractivity contribution < 1.29 is 19.4 Å². The molecule has 1 atom stereocenters. The van der Waals surface area contributed by atoms with E-state index in [0.29, 0.717) is 23.7 Å². The molecule has 0 saturated heterocycles. The van der Waals surface area contributed by atoms with Crippen molar-refractivity contribution in [2.45, 2.75) is 44.8 Å². The lowest BCUT2D eigenvalue weighted by molar-refractivity contribution is 0.0995. The van der Waals surface area contributed by atoms with Gasteiger partial charge in [-0.25, -0.2) is 4.98 Å². The summed E-state index contributed by atoms with van der Waals surface area (Å²) >= 11 is 0. The minimum Gasteiger partial charge on any atom is -0.490 e. The highest BCUT2D eigenvalue weighted by Gasteiger charge is 2.21. The number of nitrogens with zero attached hydrogens (tertiary/aromatic N) is 1. The molecule has 0 bridgehead atoms. The molecule has 8 nitrogen and oxygen atoms in total. The number of amides is 1. The lowest BCUT2D eigenvalue weighted by atomic mass is 9.94. The van der Waals surface area contributed by atoms with E-state index in [4.69, 9.17) is 15.2 Å². The Balaban J connectivity index is 1.12. The van der Waals surface area contributed by atoms with Gasteiger partial charge in [-0.3, -0.25) is 4.79 Å². The number of nitrogens with two attached hydrogens (primary N) is 1. The maximum absolute atomic E-state index is 11.2. The molecule has 2 heterocycles. The van der Waals surface area contributed by atoms with E-state index in [1.54, 1.807) is 12.1 Å². The number of fused-ring (bicyclic) bond motifs is 3. The third-order valence-corrected chi connectivity index (χ3v) is 6.81. The van der Waals surface area contributed by atoms with Gasteiger partial charge in [0.05, 0.1) is 5.56 Å². The van der Waals surface area contributed by atoms with Gasteiger partial charge in [0.15, 0.2) is 0 Å². The average molecular weight is 527 g/mol. The predicted octanol–water partition coefficient (Wildman–Crippen LogP) is 4.76. The van der Waals surface area contributed by atoms with Gasteiger partial charge in [-0.2, -0.15) is 0 Å². The number of ether oxygens (including phenoxy) is 2. The van der Waals surface area contributed by atoms with Crippen LogP contribution in [0, 0.1) is 0 Å². The largest absolute Gasteiger partial charge is 0.490 e. The molecule has 4 aromatic rings. The van der Waals surface area contributed by atoms with Crippen LogP contribution >= 0.6 is 0 Å². The van der Waals surface area contributed by atoms with Crippen molar-refractivity contribution in [1.29, 1.82) is 0 Å². The van der Waals surface area contributed by atoms with Crippen molar-refractivity contribution in [2.75, 3.05) is 13.2 Å². The number of aromatic amines is 1. The first-order valence-corrected chi connectivity index (χ1v) is 13.2. The molecular weight excluding hydrogens is 492 g/mol. The van der Waals surface area contributed by atoms with Gasteiger partial charge in [0.1, 0.15) is 24.2 Å². The van der Waals surface area contributed by atoms with Gasteiger partial charge in [-0.05, 0) is 69.0 Å². The summed E-state index contributed by atoms with van der Waals surface area (Å²) < 4.78 is 11.8. The number of aromatic nitrogens is 2. The number of primary amides is 1. The molecular formula is C31H34N4O4. The molecule has 0 spiro atoms. The van der Waals surface area contributed by atoms with Crippen molar-refractivity contribution in [3.8, 4) is 17.4 Å². The smallest absolute Gasteiger partial charge is 0.250 e. The third-order valence-electron chi connectivity index (χ3n) is 6.81. The van der Waals surface area contributed by atoms with Crippen LogP contribution in [0.1, 0.15) is 47.4 Å². The second-order valence-electron chi connectivity index (χ2n) is 10.5. The third kappa shape index (κ3) is 6.47. The van der Waals surface area contributed by atoms with Crippen molar-refractivity contribution in [1.82, 2.24) is 15.3 Å². The van der Waals surface area contributed by atoms with Gasteiger partial charge in [0, 0.05) is 46.5 Å². The van der Waals surface area contributed by atoms with E-state index in [1.165, 1.54) is 17.5 Å². The summed E-state index contributed by atoms with van der Waals surface area (Å²) in [5.41, 5.74) is 9.94. The number of aryl methyl sites for hydroxylation is 1. The summed E-state index contributed by atoms with van der Waals surface area (Å²) in [6, 6.07) is 17.0. The molecule has 2 aromatic heterocycles. The van der Waals surface area contributed by atoms with Crippen LogP contribution < -0.4 is 20.5 Å². The molecule has 39 heavy (non-hydrogen) atoms. The molecule has 0 unspecified atom stereocenters. The summed E-state index contributed by atoms with van der Waals surface area (Å²) in [4.78, 5) is 18.8. The molecule has 8 heteroatoms. The molecule has 1 aliphatic carbocycles. The Morgan fingerprint density at radius 3 is 2.74 bits per heavy atom. The van der Waals surface area contributed by atoms with Crippen LogP contribution in [-0.4, -0.2) is 45.8 Å². The number of rotatable bonds is 11. The Bertz CT molecular complexity index is 1470. The minimum atomic E-state index is -0.658. The van der Waals surface area contributed by atoms with E-state index in [-0.39, 0.29) is 12.1 Å². The first kappa shape index (κ1) is 26.5. The Labute approximate surface area is 227 Å². The zero-order chi connectivity index (χ0) is 27.4. The number of nitrogens with one attached hydrogen (secondary N) is 2. The van der Waals surface area contributed by atoms with E-state index < -0.39 is 12.0 Å². The van der Waals surface area contributed by atoms with E-state index in [1.807, 2.05) is 36.4 Å². The number of carbonyl (C=O) groups is 1. The predicted molar refractivity (Wildman–Crippen MR) is 152 cm³/mol. The molecule has 0 radical (unpaired) electrons. The number of β-amino-alcohol motifs (C(OH)–C–C–N with tert-alkyl or cyclic N) is 1. The molecule has 202 valence electrons. The number of H-pyrrole nitrogens is 1. The summed E-state index contributed by atoms with van der Waals surface area (Å²) in [6.45, 7) is 4.82. The van der Waals surface area contributed by atoms with Gasteiger partial charge in [-0.1, -0.05) is 30.4 Å². The lowest BCUT2D eigenvalue weighted by Gasteiger charge is -2.28. The number of carbonyl (C=O) groups excluding carboxylic acids is 1. The normalized spacial score (nSPS) is 13.7. The second kappa shape index (κ2) is 11.3. The van der Waals surface area contributed by atoms with Gasteiger partial charge in [0.2, 0.25) is 11.8 Å². The molecule has 1 amide bonds. The Morgan fingerprint density at radius 1 is 1.18 bits per heavy atom. The number of aliphatic hydroxyl groups excluding tert-OH is 1. The van der Waals surface area contributed by atoms with Crippen LogP contribution in [0.4, 0.5) is 0 Å². The molecule has 5 N–H and O–H groups in total. The highest BCUT2D eigenvalue weighted by atomic mass is 16.5. The monoisotopic (exact) mass is 526 g/mol. The van der Waals surface area contributed by atoms with E-state index in [0.717, 1.165) is 41.5 Å². The number of benzene rings is 2. The van der Waals surface area contributed by atoms with Crippen LogP contribution in [0.25, 0.3) is 17.0 Å². The number of pyridine rings is 1. The first-order valence-electron chi connectivity index (χ1n) is 13.2. The molecule has 1 aliphatic rings. The SMILES string of the molecule is CC(C)(Cc1ccc(Oc2ccc(C(N)=O)cn2)cc1)NC[C@H](O)COc1cccc2[nH]c3c(c12)C=CCC3. The Morgan fingerprint density at radius 2 is 2.00 bits per heavy atom. The average Bonchev–Trinajstić information content (AvgIpc) is 3.31. The van der Waals surface area contributed by atoms with Gasteiger partial charge in [0.25, 0.3) is 0 Å². The Hall–Kier alpha value is -4.14. The van der Waals surface area contributed by atoms with Crippen molar-refractivity contribution in [3.05, 3.63) is 89.3 Å². The van der Waals surface area contributed by atoms with E-state index in [9.17, 15) is 9.90 Å². The van der Waals surface area contributed by atoms with Crippen LogP contribution in [0.5, 0.6) is 17.4 Å². The number of allylic oxidation sites excluding steroid dienone is 1. The molecule has 2 aromatic carbocycles. The quantitative estimate of drug-likeness (QED) is 0.223. The second-order valence-corrected chi connectivity index (χ2v) is 10.5. The maximum Gasteiger partial charge on any atom is 0.250 e. The molecule has 0 aliphatic heterocycles. The summed E-state index contributed by atoms with van der Waals surface area (Å²) in [5, 5.41) is 15.2. The Kier molecular flexibility index (Phi) is 7.67. The zero-order valence-corrected chi connectivity index (χ0v) is 22.2. The summed E-state index contributed by atoms with van der Waals surface area (Å²) in [5.74, 6) is 1.29. The first-order chi connectivity index (χ1) is 18.8. The van der Waals surface area contributed by atoms with Crippen molar-refractivity contribution >= 4 is 22.9 Å². The van der Waals surface area contributed by atoms with Gasteiger partial charge >= 0.3 is 0 Å². The van der Waals surface area contributed by atoms with Crippen LogP contribution in [0.15, 0.2) is 66.9 Å². The van der Waals surface area contributed by atoms with Gasteiger partial charge in [-0.15, -0.1) is 0 Å². The number of aliphatic hydroxyl groups is 1. The van der Waals surface area contributed by atoms with E-state index in [2.05, 4.69) is 47.4 Å². The standard InChI is InChI=1S/C31H34N4O4/c1-31(2,16-20-10-13-23(14-11-20)39-28-15-12-21(17-33-28)30(32)37)34-18-22(36)19-38-27-9-5-8-26-29(27)24-6-3-4-7-25(24)35-26/h3,5-6,8-15,17,22,34-36H,4,7,16,18-19H2,1-2H3,(H2,32,37)/t22-/m0/s1. The molecule has 0 fully saturated rings. The minimum absolute atomic E-state index is 0.201.